The monoisotopic (exact) mass is 358 g/mol. The number of amides is 1. The number of hydrogen-bond donors (Lipinski definition) is 1. The maximum atomic E-state index is 11.4. The highest BCUT2D eigenvalue weighted by Gasteiger charge is 2.46. The predicted octanol–water partition coefficient (Wildman–Crippen LogP) is 2.22. The molecule has 0 bridgehead atoms. The molecule has 1 aromatic heterocycles. The highest BCUT2D eigenvalue weighted by molar-refractivity contribution is 5.75. The van der Waals surface area contributed by atoms with E-state index in [0.29, 0.717) is 45.4 Å². The van der Waals surface area contributed by atoms with Crippen LogP contribution in [0.1, 0.15) is 50.3 Å². The summed E-state index contributed by atoms with van der Waals surface area (Å²) in [6.45, 7) is 4.28. The molecular formula is C20H26N2O4. The molecule has 6 nitrogen and oxygen atoms in total. The first-order valence-corrected chi connectivity index (χ1v) is 9.42. The molecule has 2 fully saturated rings. The van der Waals surface area contributed by atoms with E-state index >= 15 is 0 Å². The molecular weight excluding hydrogens is 332 g/mol. The number of aliphatic hydroxyl groups is 1. The number of pyridine rings is 1. The second kappa shape index (κ2) is 6.76. The number of carbonyl (C=O) groups is 1. The van der Waals surface area contributed by atoms with Crippen LogP contribution in [0.5, 0.6) is 0 Å². The van der Waals surface area contributed by atoms with Crippen LogP contribution in [-0.2, 0) is 19.9 Å². The van der Waals surface area contributed by atoms with Crippen LogP contribution in [0.2, 0.25) is 0 Å². The van der Waals surface area contributed by atoms with Gasteiger partial charge >= 0.3 is 0 Å². The summed E-state index contributed by atoms with van der Waals surface area (Å²) in [5.41, 5.74) is 2.08. The third-order valence-electron chi connectivity index (χ3n) is 5.92. The van der Waals surface area contributed by atoms with Gasteiger partial charge in [-0.3, -0.25) is 9.78 Å². The quantitative estimate of drug-likeness (QED) is 0.878. The molecule has 0 unspecified atom stereocenters. The van der Waals surface area contributed by atoms with E-state index in [1.807, 2.05) is 23.2 Å². The summed E-state index contributed by atoms with van der Waals surface area (Å²) in [6.07, 6.45) is 7.34. The molecule has 140 valence electrons. The molecule has 1 saturated carbocycles. The Morgan fingerprint density at radius 1 is 1.19 bits per heavy atom. The van der Waals surface area contributed by atoms with Crippen LogP contribution >= 0.6 is 0 Å². The highest BCUT2D eigenvalue weighted by Crippen LogP contribution is 2.44. The third kappa shape index (κ3) is 3.29. The van der Waals surface area contributed by atoms with E-state index < -0.39 is 11.4 Å². The first kappa shape index (κ1) is 17.6. The number of aromatic nitrogens is 1. The predicted molar refractivity (Wildman–Crippen MR) is 96.1 cm³/mol. The second-order valence-electron chi connectivity index (χ2n) is 7.52. The van der Waals surface area contributed by atoms with Crippen LogP contribution in [-0.4, -0.2) is 53.0 Å². The van der Waals surface area contributed by atoms with E-state index in [0.717, 1.165) is 24.2 Å². The zero-order valence-electron chi connectivity index (χ0n) is 15.2. The summed E-state index contributed by atoms with van der Waals surface area (Å²) in [6, 6.07) is 3.96. The van der Waals surface area contributed by atoms with Crippen molar-refractivity contribution in [2.75, 3.05) is 26.3 Å². The van der Waals surface area contributed by atoms with Gasteiger partial charge in [0, 0.05) is 39.1 Å². The van der Waals surface area contributed by atoms with Crippen LogP contribution in [0, 0.1) is 0 Å². The summed E-state index contributed by atoms with van der Waals surface area (Å²) < 4.78 is 11.5. The molecule has 6 heteroatoms. The van der Waals surface area contributed by atoms with Gasteiger partial charge in [-0.1, -0.05) is 12.1 Å². The average Bonchev–Trinajstić information content (AvgIpc) is 3.13. The van der Waals surface area contributed by atoms with Gasteiger partial charge in [-0.2, -0.15) is 0 Å². The molecule has 1 N–H and O–H groups in total. The fraction of sp³-hybridized carbons (Fsp3) is 0.600. The van der Waals surface area contributed by atoms with Crippen molar-refractivity contribution in [3.05, 3.63) is 35.7 Å². The molecule has 0 aromatic carbocycles. The average molecular weight is 358 g/mol. The Labute approximate surface area is 153 Å². The van der Waals surface area contributed by atoms with Crippen LogP contribution in [0.4, 0.5) is 0 Å². The third-order valence-corrected chi connectivity index (χ3v) is 5.92. The molecule has 3 heterocycles. The lowest BCUT2D eigenvalue weighted by Gasteiger charge is -2.40. The van der Waals surface area contributed by atoms with Gasteiger partial charge in [-0.05, 0) is 36.5 Å². The molecule has 3 aliphatic rings. The lowest BCUT2D eigenvalue weighted by Crippen LogP contribution is -2.42. The van der Waals surface area contributed by atoms with Gasteiger partial charge in [0.05, 0.1) is 18.9 Å². The minimum absolute atomic E-state index is 0.112. The molecule has 4 rings (SSSR count). The topological polar surface area (TPSA) is 71.9 Å². The van der Waals surface area contributed by atoms with Gasteiger partial charge in [-0.25, -0.2) is 0 Å². The Kier molecular flexibility index (Phi) is 4.59. The fourth-order valence-corrected chi connectivity index (χ4v) is 4.16. The Balaban J connectivity index is 1.44. The molecule has 1 aromatic rings. The molecule has 1 amide bonds. The molecule has 26 heavy (non-hydrogen) atoms. The maximum Gasteiger partial charge on any atom is 0.219 e. The van der Waals surface area contributed by atoms with Crippen molar-refractivity contribution in [2.24, 2.45) is 0 Å². The van der Waals surface area contributed by atoms with Crippen molar-refractivity contribution in [2.45, 2.75) is 50.4 Å². The summed E-state index contributed by atoms with van der Waals surface area (Å²) in [5.74, 6) is -0.372. The Morgan fingerprint density at radius 3 is 2.46 bits per heavy atom. The van der Waals surface area contributed by atoms with Crippen molar-refractivity contribution >= 4 is 11.5 Å². The van der Waals surface area contributed by atoms with Gasteiger partial charge in [-0.15, -0.1) is 0 Å². The van der Waals surface area contributed by atoms with Crippen molar-refractivity contribution in [3.63, 3.8) is 0 Å². The molecule has 1 aliphatic carbocycles. The molecule has 0 atom stereocenters. The molecule has 1 saturated heterocycles. The largest absolute Gasteiger partial charge is 0.384 e. The van der Waals surface area contributed by atoms with Crippen molar-refractivity contribution < 1.29 is 19.4 Å². The van der Waals surface area contributed by atoms with E-state index in [4.69, 9.17) is 9.47 Å². The van der Waals surface area contributed by atoms with Crippen molar-refractivity contribution in [1.29, 1.82) is 0 Å². The maximum absolute atomic E-state index is 11.4. The summed E-state index contributed by atoms with van der Waals surface area (Å²) >= 11 is 0. The van der Waals surface area contributed by atoms with E-state index in [1.54, 1.807) is 6.92 Å². The number of nitrogens with zero attached hydrogens (tertiary/aromatic N) is 2. The van der Waals surface area contributed by atoms with Gasteiger partial charge in [0.25, 0.3) is 0 Å². The zero-order valence-corrected chi connectivity index (χ0v) is 15.2. The Morgan fingerprint density at radius 2 is 1.92 bits per heavy atom. The Hall–Kier alpha value is -1.76. The van der Waals surface area contributed by atoms with Gasteiger partial charge < -0.3 is 19.5 Å². The van der Waals surface area contributed by atoms with Crippen LogP contribution < -0.4 is 0 Å². The number of rotatable bonds is 2. The van der Waals surface area contributed by atoms with Crippen LogP contribution in [0.25, 0.3) is 5.57 Å². The van der Waals surface area contributed by atoms with E-state index in [2.05, 4.69) is 11.1 Å². The van der Waals surface area contributed by atoms with E-state index in [9.17, 15) is 9.90 Å². The van der Waals surface area contributed by atoms with Gasteiger partial charge in [0.1, 0.15) is 5.60 Å². The summed E-state index contributed by atoms with van der Waals surface area (Å²) in [5, 5.41) is 11.1. The SMILES string of the molecule is CC(=O)N1CC=C(c2ccc(C3(O)CCC4(CC3)OCCO4)nc2)CC1. The molecule has 0 radical (unpaired) electrons. The summed E-state index contributed by atoms with van der Waals surface area (Å²) in [4.78, 5) is 17.8. The van der Waals surface area contributed by atoms with Crippen molar-refractivity contribution in [3.8, 4) is 0 Å². The molecule has 2 aliphatic heterocycles. The van der Waals surface area contributed by atoms with Gasteiger partial charge in [0.15, 0.2) is 5.79 Å². The van der Waals surface area contributed by atoms with Crippen LogP contribution in [0.3, 0.4) is 0 Å². The minimum atomic E-state index is -0.911. The van der Waals surface area contributed by atoms with E-state index in [1.165, 1.54) is 5.57 Å². The second-order valence-corrected chi connectivity index (χ2v) is 7.52. The zero-order chi connectivity index (χ0) is 18.2. The minimum Gasteiger partial charge on any atom is -0.384 e. The summed E-state index contributed by atoms with van der Waals surface area (Å²) in [7, 11) is 0. The first-order valence-electron chi connectivity index (χ1n) is 9.42. The van der Waals surface area contributed by atoms with E-state index in [-0.39, 0.29) is 5.91 Å². The number of carbonyl (C=O) groups excluding carboxylic acids is 1. The highest BCUT2D eigenvalue weighted by atomic mass is 16.7. The fourth-order valence-electron chi connectivity index (χ4n) is 4.16. The van der Waals surface area contributed by atoms with Gasteiger partial charge in [0.2, 0.25) is 5.91 Å². The lowest BCUT2D eigenvalue weighted by molar-refractivity contribution is -0.204. The first-order chi connectivity index (χ1) is 12.5. The number of hydrogen-bond acceptors (Lipinski definition) is 5. The van der Waals surface area contributed by atoms with Crippen LogP contribution in [0.15, 0.2) is 24.4 Å². The standard InChI is InChI=1S/C20H26N2O4/c1-15(23)22-10-4-16(5-11-22)17-2-3-18(21-14-17)19(24)6-8-20(9-7-19)25-12-13-26-20/h2-4,14,24H,5-13H2,1H3. The smallest absolute Gasteiger partial charge is 0.219 e. The number of ether oxygens (including phenoxy) is 2. The normalized spacial score (nSPS) is 24.5. The van der Waals surface area contributed by atoms with Crippen molar-refractivity contribution in [1.82, 2.24) is 9.88 Å². The Bertz CT molecular complexity index is 697. The lowest BCUT2D eigenvalue weighted by atomic mass is 9.79. The molecule has 1 spiro atoms.